The third-order valence-corrected chi connectivity index (χ3v) is 4.35. The minimum Gasteiger partial charge on any atom is -0.497 e. The predicted molar refractivity (Wildman–Crippen MR) is 110 cm³/mol. The molecule has 0 fully saturated rings. The van der Waals surface area contributed by atoms with Gasteiger partial charge < -0.3 is 19.5 Å². The first-order valence-electron chi connectivity index (χ1n) is 9.25. The third kappa shape index (κ3) is 5.39. The van der Waals surface area contributed by atoms with Gasteiger partial charge in [0.05, 0.1) is 13.2 Å². The number of hydrogen-bond donors (Lipinski definition) is 1. The second-order valence-electron chi connectivity index (χ2n) is 6.25. The van der Waals surface area contributed by atoms with E-state index in [1.165, 1.54) is 0 Å². The molecule has 0 aliphatic heterocycles. The Balaban J connectivity index is 1.68. The fourth-order valence-corrected chi connectivity index (χ4v) is 2.96. The molecule has 1 amide bonds. The van der Waals surface area contributed by atoms with Crippen LogP contribution in [0.3, 0.4) is 0 Å². The van der Waals surface area contributed by atoms with Crippen molar-refractivity contribution in [3.05, 3.63) is 66.2 Å². The van der Waals surface area contributed by atoms with Crippen molar-refractivity contribution in [2.24, 2.45) is 0 Å². The molecular formula is C23H22N2O4. The lowest BCUT2D eigenvalue weighted by molar-refractivity contribution is -0.120. The Labute approximate surface area is 169 Å². The summed E-state index contributed by atoms with van der Waals surface area (Å²) in [5, 5.41) is 13.5. The van der Waals surface area contributed by atoms with E-state index < -0.39 is 0 Å². The first kappa shape index (κ1) is 20.0. The van der Waals surface area contributed by atoms with Crippen LogP contribution in [0.5, 0.6) is 17.2 Å². The van der Waals surface area contributed by atoms with Crippen molar-refractivity contribution in [2.45, 2.75) is 13.0 Å². The first-order valence-corrected chi connectivity index (χ1v) is 9.25. The summed E-state index contributed by atoms with van der Waals surface area (Å²) in [6.07, 6.45) is -0.171. The molecule has 0 heterocycles. The van der Waals surface area contributed by atoms with Gasteiger partial charge in [0.1, 0.15) is 36.9 Å². The minimum absolute atomic E-state index is 0.171. The normalized spacial score (nSPS) is 10.2. The molecular weight excluding hydrogens is 368 g/mol. The van der Waals surface area contributed by atoms with Gasteiger partial charge in [-0.15, -0.1) is 0 Å². The number of benzene rings is 3. The number of amides is 1. The standard InChI is InChI=1S/C23H22N2O4/c1-27-18-6-4-7-19(15-18)28-13-14-29-22-10-9-17-5-2-3-8-20(17)21(22)16-25-23(26)11-12-24/h2-10,15H,11,13-14,16H2,1H3,(H,25,26). The highest BCUT2D eigenvalue weighted by atomic mass is 16.5. The summed E-state index contributed by atoms with van der Waals surface area (Å²) in [6.45, 7) is 0.989. The summed E-state index contributed by atoms with van der Waals surface area (Å²) in [7, 11) is 1.61. The molecule has 3 aromatic carbocycles. The van der Waals surface area contributed by atoms with Gasteiger partial charge in [-0.2, -0.15) is 5.26 Å². The van der Waals surface area contributed by atoms with Crippen LogP contribution in [0, 0.1) is 11.3 Å². The SMILES string of the molecule is COc1cccc(OCCOc2ccc3ccccc3c2CNC(=O)CC#N)c1. The fraction of sp³-hybridized carbons (Fsp3) is 0.217. The average Bonchev–Trinajstić information content (AvgIpc) is 2.76. The third-order valence-electron chi connectivity index (χ3n) is 4.35. The highest BCUT2D eigenvalue weighted by Gasteiger charge is 2.11. The van der Waals surface area contributed by atoms with E-state index in [9.17, 15) is 4.79 Å². The molecule has 6 nitrogen and oxygen atoms in total. The molecule has 0 saturated carbocycles. The number of ether oxygens (including phenoxy) is 3. The Hall–Kier alpha value is -3.72. The molecule has 0 unspecified atom stereocenters. The van der Waals surface area contributed by atoms with Crippen LogP contribution in [0.4, 0.5) is 0 Å². The van der Waals surface area contributed by atoms with Gasteiger partial charge >= 0.3 is 0 Å². The van der Waals surface area contributed by atoms with E-state index >= 15 is 0 Å². The van der Waals surface area contributed by atoms with Crippen molar-refractivity contribution in [3.8, 4) is 23.3 Å². The molecule has 1 N–H and O–H groups in total. The average molecular weight is 390 g/mol. The zero-order valence-electron chi connectivity index (χ0n) is 16.2. The lowest BCUT2D eigenvalue weighted by Crippen LogP contribution is -2.22. The monoisotopic (exact) mass is 390 g/mol. The summed E-state index contributed by atoms with van der Waals surface area (Å²) >= 11 is 0. The number of fused-ring (bicyclic) bond motifs is 1. The number of methoxy groups -OCH3 is 1. The van der Waals surface area contributed by atoms with Gasteiger partial charge in [-0.3, -0.25) is 4.79 Å². The summed E-state index contributed by atoms with van der Waals surface area (Å²) in [5.74, 6) is 1.80. The van der Waals surface area contributed by atoms with E-state index in [4.69, 9.17) is 19.5 Å². The Morgan fingerprint density at radius 1 is 1.00 bits per heavy atom. The highest BCUT2D eigenvalue weighted by Crippen LogP contribution is 2.28. The molecule has 3 rings (SSSR count). The van der Waals surface area contributed by atoms with E-state index in [0.29, 0.717) is 24.7 Å². The van der Waals surface area contributed by atoms with Crippen LogP contribution < -0.4 is 19.5 Å². The number of nitrogens with one attached hydrogen (secondary N) is 1. The molecule has 6 heteroatoms. The molecule has 29 heavy (non-hydrogen) atoms. The van der Waals surface area contributed by atoms with Gasteiger partial charge in [-0.25, -0.2) is 0 Å². The molecule has 0 aromatic heterocycles. The minimum atomic E-state index is -0.312. The lowest BCUT2D eigenvalue weighted by Gasteiger charge is -2.15. The van der Waals surface area contributed by atoms with Crippen molar-refractivity contribution in [3.63, 3.8) is 0 Å². The maximum atomic E-state index is 11.7. The maximum absolute atomic E-state index is 11.7. The molecule has 0 atom stereocenters. The van der Waals surface area contributed by atoms with E-state index in [0.717, 1.165) is 22.1 Å². The largest absolute Gasteiger partial charge is 0.497 e. The van der Waals surface area contributed by atoms with Gasteiger partial charge in [0, 0.05) is 18.2 Å². The number of carbonyl (C=O) groups excluding carboxylic acids is 1. The molecule has 0 aliphatic rings. The summed E-state index contributed by atoms with van der Waals surface area (Å²) in [6, 6.07) is 21.0. The number of hydrogen-bond acceptors (Lipinski definition) is 5. The fourth-order valence-electron chi connectivity index (χ4n) is 2.96. The summed E-state index contributed by atoms with van der Waals surface area (Å²) in [4.78, 5) is 11.7. The molecule has 0 saturated heterocycles. The van der Waals surface area contributed by atoms with E-state index in [-0.39, 0.29) is 18.9 Å². The molecule has 3 aromatic rings. The van der Waals surface area contributed by atoms with Crippen LogP contribution in [0.1, 0.15) is 12.0 Å². The van der Waals surface area contributed by atoms with Crippen LogP contribution in [0.25, 0.3) is 10.8 Å². The van der Waals surface area contributed by atoms with Crippen LogP contribution in [0.2, 0.25) is 0 Å². The highest BCUT2D eigenvalue weighted by molar-refractivity contribution is 5.88. The second-order valence-corrected chi connectivity index (χ2v) is 6.25. The second kappa shape index (κ2) is 10.00. The van der Waals surface area contributed by atoms with Crippen LogP contribution in [0.15, 0.2) is 60.7 Å². The van der Waals surface area contributed by atoms with E-state index in [1.807, 2.05) is 66.7 Å². The topological polar surface area (TPSA) is 80.6 Å². The molecule has 0 radical (unpaired) electrons. The van der Waals surface area contributed by atoms with E-state index in [2.05, 4.69) is 5.32 Å². The molecule has 0 spiro atoms. The molecule has 0 aliphatic carbocycles. The predicted octanol–water partition coefficient (Wildman–Crippen LogP) is 3.84. The maximum Gasteiger partial charge on any atom is 0.234 e. The number of nitriles is 1. The van der Waals surface area contributed by atoms with E-state index in [1.54, 1.807) is 7.11 Å². The van der Waals surface area contributed by atoms with Gasteiger partial charge in [0.15, 0.2) is 0 Å². The number of carbonyl (C=O) groups is 1. The lowest BCUT2D eigenvalue weighted by atomic mass is 10.0. The van der Waals surface area contributed by atoms with Crippen LogP contribution in [-0.2, 0) is 11.3 Å². The van der Waals surface area contributed by atoms with Crippen molar-refractivity contribution >= 4 is 16.7 Å². The summed E-state index contributed by atoms with van der Waals surface area (Å²) in [5.41, 5.74) is 0.871. The number of nitrogens with zero attached hydrogens (tertiary/aromatic N) is 1. The first-order chi connectivity index (χ1) is 14.2. The van der Waals surface area contributed by atoms with Crippen molar-refractivity contribution in [1.29, 1.82) is 5.26 Å². The van der Waals surface area contributed by atoms with Crippen LogP contribution >= 0.6 is 0 Å². The van der Waals surface area contributed by atoms with Crippen molar-refractivity contribution in [2.75, 3.05) is 20.3 Å². The zero-order valence-corrected chi connectivity index (χ0v) is 16.2. The number of rotatable bonds is 9. The zero-order chi connectivity index (χ0) is 20.5. The van der Waals surface area contributed by atoms with Crippen molar-refractivity contribution in [1.82, 2.24) is 5.32 Å². The molecule has 148 valence electrons. The van der Waals surface area contributed by atoms with Gasteiger partial charge in [0.25, 0.3) is 0 Å². The summed E-state index contributed by atoms with van der Waals surface area (Å²) < 4.78 is 16.8. The van der Waals surface area contributed by atoms with Crippen LogP contribution in [-0.4, -0.2) is 26.2 Å². The van der Waals surface area contributed by atoms with Gasteiger partial charge in [-0.1, -0.05) is 36.4 Å². The Morgan fingerprint density at radius 3 is 2.62 bits per heavy atom. The Kier molecular flexibility index (Phi) is 6.90. The quantitative estimate of drug-likeness (QED) is 0.562. The van der Waals surface area contributed by atoms with Gasteiger partial charge in [0.2, 0.25) is 5.91 Å². The van der Waals surface area contributed by atoms with Gasteiger partial charge in [-0.05, 0) is 29.0 Å². The Morgan fingerprint density at radius 2 is 1.79 bits per heavy atom. The van der Waals surface area contributed by atoms with Crippen molar-refractivity contribution < 1.29 is 19.0 Å². The smallest absolute Gasteiger partial charge is 0.234 e. The molecule has 0 bridgehead atoms. The Bertz CT molecular complexity index is 1030.